The fourth-order valence-electron chi connectivity index (χ4n) is 3.38. The molecule has 3 aromatic rings. The maximum absolute atomic E-state index is 13.9. The number of carbonyl (C=O) groups excluding carboxylic acids is 1. The second kappa shape index (κ2) is 8.08. The number of piperidine rings is 1. The molecule has 7 nitrogen and oxygen atoms in total. The summed E-state index contributed by atoms with van der Waals surface area (Å²) < 4.78 is 15.5. The average molecular weight is 436 g/mol. The number of nitrogens with zero attached hydrogens (tertiary/aromatic N) is 4. The standard InChI is InChI=1S/C19H19ClFN5O2S/c1-11-3-2-6-25(8-11)19-24-17-16(29-19)18(28)26(10-22-17)9-15(27)23-14-5-4-12(20)7-13(14)21/h4-5,7,10-11H,2-3,6,8-9H2,1H3,(H,23,27). The van der Waals surface area contributed by atoms with Gasteiger partial charge in [0.2, 0.25) is 5.91 Å². The van der Waals surface area contributed by atoms with Gasteiger partial charge in [-0.1, -0.05) is 29.9 Å². The zero-order valence-electron chi connectivity index (χ0n) is 15.7. The minimum Gasteiger partial charge on any atom is -0.348 e. The van der Waals surface area contributed by atoms with Gasteiger partial charge in [0.05, 0.1) is 5.69 Å². The SMILES string of the molecule is CC1CCCN(c2nc3ncn(CC(=O)Nc4ccc(Cl)cc4F)c(=O)c3s2)C1. The number of fused-ring (bicyclic) bond motifs is 1. The van der Waals surface area contributed by atoms with Gasteiger partial charge in [-0.05, 0) is 37.0 Å². The first-order chi connectivity index (χ1) is 13.9. The molecule has 0 radical (unpaired) electrons. The molecule has 4 rings (SSSR count). The van der Waals surface area contributed by atoms with Gasteiger partial charge in [-0.2, -0.15) is 4.98 Å². The molecule has 29 heavy (non-hydrogen) atoms. The molecule has 1 fully saturated rings. The minimum atomic E-state index is -0.644. The highest BCUT2D eigenvalue weighted by Crippen LogP contribution is 2.29. The smallest absolute Gasteiger partial charge is 0.273 e. The summed E-state index contributed by atoms with van der Waals surface area (Å²) in [5, 5.41) is 3.45. The molecule has 1 aliphatic rings. The van der Waals surface area contributed by atoms with Gasteiger partial charge >= 0.3 is 0 Å². The molecular weight excluding hydrogens is 417 g/mol. The number of carbonyl (C=O) groups is 1. The van der Waals surface area contributed by atoms with Crippen molar-refractivity contribution in [2.24, 2.45) is 5.92 Å². The van der Waals surface area contributed by atoms with Crippen LogP contribution in [0.4, 0.5) is 15.2 Å². The van der Waals surface area contributed by atoms with Crippen LogP contribution in [0.25, 0.3) is 10.3 Å². The Kier molecular flexibility index (Phi) is 5.51. The maximum atomic E-state index is 13.9. The van der Waals surface area contributed by atoms with Crippen molar-refractivity contribution in [3.63, 3.8) is 0 Å². The molecule has 1 aliphatic heterocycles. The van der Waals surface area contributed by atoms with Crippen LogP contribution in [-0.4, -0.2) is 33.5 Å². The zero-order valence-corrected chi connectivity index (χ0v) is 17.3. The molecule has 2 aromatic heterocycles. The van der Waals surface area contributed by atoms with Crippen LogP contribution in [0, 0.1) is 11.7 Å². The predicted octanol–water partition coefficient (Wildman–Crippen LogP) is 3.52. The van der Waals surface area contributed by atoms with Crippen LogP contribution in [0.1, 0.15) is 19.8 Å². The molecule has 0 spiro atoms. The molecule has 1 saturated heterocycles. The number of hydrogen-bond acceptors (Lipinski definition) is 6. The van der Waals surface area contributed by atoms with Crippen molar-refractivity contribution < 1.29 is 9.18 Å². The highest BCUT2D eigenvalue weighted by atomic mass is 35.5. The minimum absolute atomic E-state index is 0.000723. The largest absolute Gasteiger partial charge is 0.348 e. The normalized spacial score (nSPS) is 16.9. The zero-order chi connectivity index (χ0) is 20.5. The van der Waals surface area contributed by atoms with Crippen LogP contribution in [0.3, 0.4) is 0 Å². The Bertz CT molecular complexity index is 1130. The van der Waals surface area contributed by atoms with Crippen molar-refractivity contribution in [2.45, 2.75) is 26.3 Å². The van der Waals surface area contributed by atoms with Crippen molar-refractivity contribution >= 4 is 50.0 Å². The Hall–Kier alpha value is -2.52. The monoisotopic (exact) mass is 435 g/mol. The van der Waals surface area contributed by atoms with Crippen LogP contribution in [0.2, 0.25) is 5.02 Å². The van der Waals surface area contributed by atoms with E-state index in [0.29, 0.717) is 16.3 Å². The molecule has 1 N–H and O–H groups in total. The van der Waals surface area contributed by atoms with E-state index in [1.54, 1.807) is 0 Å². The first-order valence-electron chi connectivity index (χ1n) is 9.26. The number of rotatable bonds is 4. The van der Waals surface area contributed by atoms with E-state index >= 15 is 0 Å². The van der Waals surface area contributed by atoms with Crippen molar-refractivity contribution in [1.82, 2.24) is 14.5 Å². The molecule has 10 heteroatoms. The van der Waals surface area contributed by atoms with Crippen LogP contribution in [0.15, 0.2) is 29.3 Å². The van der Waals surface area contributed by atoms with Crippen molar-refractivity contribution in [2.75, 3.05) is 23.3 Å². The number of amides is 1. The summed E-state index contributed by atoms with van der Waals surface area (Å²) in [5.41, 5.74) is 0.0462. The fraction of sp³-hybridized carbons (Fsp3) is 0.368. The van der Waals surface area contributed by atoms with Gasteiger partial charge in [-0.15, -0.1) is 0 Å². The van der Waals surface area contributed by atoms with Gasteiger partial charge in [-0.3, -0.25) is 14.2 Å². The summed E-state index contributed by atoms with van der Waals surface area (Å²) in [4.78, 5) is 36.0. The van der Waals surface area contributed by atoms with E-state index in [4.69, 9.17) is 11.6 Å². The van der Waals surface area contributed by atoms with Gasteiger partial charge in [0.1, 0.15) is 23.4 Å². The topological polar surface area (TPSA) is 80.1 Å². The Balaban J connectivity index is 1.54. The number of thiazole rings is 1. The molecule has 0 bridgehead atoms. The quantitative estimate of drug-likeness (QED) is 0.678. The molecular formula is C19H19ClFN5O2S. The van der Waals surface area contributed by atoms with Crippen molar-refractivity contribution in [1.29, 1.82) is 0 Å². The van der Waals surface area contributed by atoms with E-state index in [0.717, 1.165) is 30.7 Å². The highest BCUT2D eigenvalue weighted by molar-refractivity contribution is 7.22. The molecule has 0 aliphatic carbocycles. The van der Waals surface area contributed by atoms with Gasteiger partial charge in [0, 0.05) is 18.1 Å². The van der Waals surface area contributed by atoms with Crippen LogP contribution in [0.5, 0.6) is 0 Å². The summed E-state index contributed by atoms with van der Waals surface area (Å²) in [6.45, 7) is 3.74. The molecule has 1 aromatic carbocycles. The number of anilines is 2. The van der Waals surface area contributed by atoms with Crippen LogP contribution >= 0.6 is 22.9 Å². The maximum Gasteiger partial charge on any atom is 0.273 e. The number of benzene rings is 1. The van der Waals surface area contributed by atoms with E-state index < -0.39 is 11.7 Å². The predicted molar refractivity (Wildman–Crippen MR) is 112 cm³/mol. The molecule has 3 heterocycles. The molecule has 1 amide bonds. The van der Waals surface area contributed by atoms with Crippen molar-refractivity contribution in [3.8, 4) is 0 Å². The van der Waals surface area contributed by atoms with E-state index in [2.05, 4.69) is 27.1 Å². The van der Waals surface area contributed by atoms with Crippen LogP contribution in [-0.2, 0) is 11.3 Å². The average Bonchev–Trinajstić information content (AvgIpc) is 3.12. The van der Waals surface area contributed by atoms with E-state index in [-0.39, 0.29) is 22.8 Å². The van der Waals surface area contributed by atoms with Gasteiger partial charge in [-0.25, -0.2) is 9.37 Å². The molecule has 152 valence electrons. The lowest BCUT2D eigenvalue weighted by atomic mass is 10.0. The third-order valence-corrected chi connectivity index (χ3v) is 6.15. The number of halogens is 2. The summed E-state index contributed by atoms with van der Waals surface area (Å²) in [5.74, 6) is -0.601. The number of nitrogens with one attached hydrogen (secondary N) is 1. The third kappa shape index (κ3) is 4.25. The Morgan fingerprint density at radius 2 is 2.28 bits per heavy atom. The molecule has 1 atom stereocenters. The summed E-state index contributed by atoms with van der Waals surface area (Å²) in [6.07, 6.45) is 3.58. The lowest BCUT2D eigenvalue weighted by molar-refractivity contribution is -0.116. The summed E-state index contributed by atoms with van der Waals surface area (Å²) in [6, 6.07) is 3.95. The van der Waals surface area contributed by atoms with E-state index in [9.17, 15) is 14.0 Å². The van der Waals surface area contributed by atoms with Crippen molar-refractivity contribution in [3.05, 3.63) is 45.7 Å². The number of aromatic nitrogens is 3. The van der Waals surface area contributed by atoms with Gasteiger partial charge < -0.3 is 10.2 Å². The molecule has 1 unspecified atom stereocenters. The second-order valence-corrected chi connectivity index (χ2v) is 8.61. The Labute approximate surface area is 175 Å². The summed E-state index contributed by atoms with van der Waals surface area (Å²) in [7, 11) is 0. The van der Waals surface area contributed by atoms with Gasteiger partial charge in [0.15, 0.2) is 10.8 Å². The third-order valence-electron chi connectivity index (χ3n) is 4.82. The first-order valence-corrected chi connectivity index (χ1v) is 10.5. The summed E-state index contributed by atoms with van der Waals surface area (Å²) >= 11 is 7.01. The van der Waals surface area contributed by atoms with E-state index in [1.165, 1.54) is 40.8 Å². The molecule has 0 saturated carbocycles. The highest BCUT2D eigenvalue weighted by Gasteiger charge is 2.21. The Morgan fingerprint density at radius 1 is 1.45 bits per heavy atom. The van der Waals surface area contributed by atoms with Crippen LogP contribution < -0.4 is 15.8 Å². The number of hydrogen-bond donors (Lipinski definition) is 1. The lowest BCUT2D eigenvalue weighted by Gasteiger charge is -2.30. The second-order valence-electron chi connectivity index (χ2n) is 7.19. The first kappa shape index (κ1) is 19.8. The lowest BCUT2D eigenvalue weighted by Crippen LogP contribution is -2.34. The van der Waals surface area contributed by atoms with Gasteiger partial charge in [0.25, 0.3) is 5.56 Å². The van der Waals surface area contributed by atoms with E-state index in [1.807, 2.05) is 0 Å². The fourth-order valence-corrected chi connectivity index (χ4v) is 4.54. The Morgan fingerprint density at radius 3 is 3.03 bits per heavy atom.